The number of aromatic nitrogens is 1. The molecule has 1 aromatic heterocycles. The standard InChI is InChI=1S/C18H18Cl2N2O4/c19-11-2-4-13(14(20)8-11)15-9-21-17(26-15)6-5-16(23)22-12-3-1-10(7-12)18(24)25/h2,4,8-10,12H,1,3,5-7H2,(H,22,23)(H,24,25)/t10-,12+/m1/s1. The van der Waals surface area contributed by atoms with E-state index in [1.54, 1.807) is 24.4 Å². The summed E-state index contributed by atoms with van der Waals surface area (Å²) in [5.74, 6) is -0.336. The summed E-state index contributed by atoms with van der Waals surface area (Å²) in [6, 6.07) is 5.02. The molecule has 0 radical (unpaired) electrons. The lowest BCUT2D eigenvalue weighted by Crippen LogP contribution is -2.33. The van der Waals surface area contributed by atoms with E-state index in [1.165, 1.54) is 0 Å². The third-order valence-electron chi connectivity index (χ3n) is 4.46. The zero-order valence-corrected chi connectivity index (χ0v) is 15.4. The molecule has 3 rings (SSSR count). The molecule has 8 heteroatoms. The van der Waals surface area contributed by atoms with E-state index in [-0.39, 0.29) is 24.3 Å². The van der Waals surface area contributed by atoms with Gasteiger partial charge in [0.05, 0.1) is 17.1 Å². The quantitative estimate of drug-likeness (QED) is 0.770. The van der Waals surface area contributed by atoms with Crippen LogP contribution in [0.4, 0.5) is 0 Å². The van der Waals surface area contributed by atoms with Crippen molar-refractivity contribution in [3.05, 3.63) is 40.3 Å². The van der Waals surface area contributed by atoms with Gasteiger partial charge < -0.3 is 14.8 Å². The number of nitrogens with zero attached hydrogens (tertiary/aromatic N) is 1. The highest BCUT2D eigenvalue weighted by molar-refractivity contribution is 6.36. The van der Waals surface area contributed by atoms with E-state index >= 15 is 0 Å². The van der Waals surface area contributed by atoms with Crippen molar-refractivity contribution >= 4 is 35.1 Å². The Balaban J connectivity index is 1.52. The smallest absolute Gasteiger partial charge is 0.306 e. The fraction of sp³-hybridized carbons (Fsp3) is 0.389. The third-order valence-corrected chi connectivity index (χ3v) is 5.01. The number of hydrogen-bond acceptors (Lipinski definition) is 4. The zero-order valence-electron chi connectivity index (χ0n) is 13.9. The lowest BCUT2D eigenvalue weighted by molar-refractivity contribution is -0.141. The molecule has 1 fully saturated rings. The Morgan fingerprint density at radius 3 is 2.81 bits per heavy atom. The van der Waals surface area contributed by atoms with E-state index in [2.05, 4.69) is 10.3 Å². The molecule has 26 heavy (non-hydrogen) atoms. The SMILES string of the molecule is O=C(CCc1ncc(-c2ccc(Cl)cc2Cl)o1)N[C@H]1CC[C@@H](C(=O)O)C1. The number of carboxylic acids is 1. The summed E-state index contributed by atoms with van der Waals surface area (Å²) in [5, 5.41) is 12.9. The summed E-state index contributed by atoms with van der Waals surface area (Å²) >= 11 is 12.0. The number of aryl methyl sites for hydroxylation is 1. The summed E-state index contributed by atoms with van der Waals surface area (Å²) in [5.41, 5.74) is 0.685. The van der Waals surface area contributed by atoms with Gasteiger partial charge in [-0.25, -0.2) is 4.98 Å². The largest absolute Gasteiger partial charge is 0.481 e. The van der Waals surface area contributed by atoms with Gasteiger partial charge in [0.2, 0.25) is 5.91 Å². The van der Waals surface area contributed by atoms with E-state index < -0.39 is 5.97 Å². The predicted molar refractivity (Wildman–Crippen MR) is 97.2 cm³/mol. The van der Waals surface area contributed by atoms with Crippen molar-refractivity contribution in [3.8, 4) is 11.3 Å². The minimum atomic E-state index is -0.796. The molecule has 0 aliphatic heterocycles. The number of oxazole rings is 1. The van der Waals surface area contributed by atoms with Gasteiger partial charge in [-0.05, 0) is 37.5 Å². The van der Waals surface area contributed by atoms with Gasteiger partial charge in [0.25, 0.3) is 0 Å². The molecule has 1 heterocycles. The maximum atomic E-state index is 12.1. The van der Waals surface area contributed by atoms with Crippen LogP contribution in [0.15, 0.2) is 28.8 Å². The highest BCUT2D eigenvalue weighted by Crippen LogP contribution is 2.31. The molecule has 1 amide bonds. The average molecular weight is 397 g/mol. The number of carbonyl (C=O) groups excluding carboxylic acids is 1. The van der Waals surface area contributed by atoms with Crippen molar-refractivity contribution in [2.45, 2.75) is 38.1 Å². The van der Waals surface area contributed by atoms with Crippen molar-refractivity contribution in [1.29, 1.82) is 0 Å². The van der Waals surface area contributed by atoms with Crippen molar-refractivity contribution in [1.82, 2.24) is 10.3 Å². The Morgan fingerprint density at radius 2 is 2.12 bits per heavy atom. The van der Waals surface area contributed by atoms with Crippen LogP contribution >= 0.6 is 23.2 Å². The Hall–Kier alpha value is -2.05. The second kappa shape index (κ2) is 8.10. The van der Waals surface area contributed by atoms with Crippen molar-refractivity contribution in [2.75, 3.05) is 0 Å². The first-order valence-electron chi connectivity index (χ1n) is 8.34. The molecule has 0 unspecified atom stereocenters. The van der Waals surface area contributed by atoms with Crippen LogP contribution in [0.3, 0.4) is 0 Å². The average Bonchev–Trinajstić information content (AvgIpc) is 3.22. The summed E-state index contributed by atoms with van der Waals surface area (Å²) in [4.78, 5) is 27.2. The van der Waals surface area contributed by atoms with Crippen molar-refractivity contribution in [2.24, 2.45) is 5.92 Å². The maximum absolute atomic E-state index is 12.1. The third kappa shape index (κ3) is 4.56. The van der Waals surface area contributed by atoms with E-state index in [4.69, 9.17) is 32.7 Å². The van der Waals surface area contributed by atoms with E-state index in [0.29, 0.717) is 52.9 Å². The molecule has 2 atom stereocenters. The molecule has 1 aliphatic carbocycles. The predicted octanol–water partition coefficient (Wildman–Crippen LogP) is 3.95. The molecule has 0 bridgehead atoms. The van der Waals surface area contributed by atoms with Crippen LogP contribution in [0.25, 0.3) is 11.3 Å². The highest BCUT2D eigenvalue weighted by atomic mass is 35.5. The maximum Gasteiger partial charge on any atom is 0.306 e. The van der Waals surface area contributed by atoms with E-state index in [1.807, 2.05) is 0 Å². The minimum absolute atomic E-state index is 0.0726. The number of hydrogen-bond donors (Lipinski definition) is 2. The first kappa shape index (κ1) is 18.7. The summed E-state index contributed by atoms with van der Waals surface area (Å²) < 4.78 is 5.66. The fourth-order valence-electron chi connectivity index (χ4n) is 3.10. The number of rotatable bonds is 6. The topological polar surface area (TPSA) is 92.4 Å². The minimum Gasteiger partial charge on any atom is -0.481 e. The van der Waals surface area contributed by atoms with E-state index in [0.717, 1.165) is 0 Å². The molecule has 0 spiro atoms. The Labute approximate surface area is 160 Å². The highest BCUT2D eigenvalue weighted by Gasteiger charge is 2.30. The van der Waals surface area contributed by atoms with Crippen molar-refractivity contribution in [3.63, 3.8) is 0 Å². The van der Waals surface area contributed by atoms with Crippen LogP contribution in [0.5, 0.6) is 0 Å². The number of carboxylic acid groups (broad SMARTS) is 1. The Kier molecular flexibility index (Phi) is 5.84. The van der Waals surface area contributed by atoms with Crippen LogP contribution in [-0.4, -0.2) is 28.0 Å². The van der Waals surface area contributed by atoms with Crippen LogP contribution in [0, 0.1) is 5.92 Å². The molecule has 2 aromatic rings. The lowest BCUT2D eigenvalue weighted by atomic mass is 10.1. The molecular formula is C18H18Cl2N2O4. The molecule has 1 aliphatic rings. The zero-order chi connectivity index (χ0) is 18.7. The van der Waals surface area contributed by atoms with Gasteiger partial charge in [0.1, 0.15) is 0 Å². The molecule has 1 aromatic carbocycles. The second-order valence-electron chi connectivity index (χ2n) is 6.36. The lowest BCUT2D eigenvalue weighted by Gasteiger charge is -2.11. The number of amides is 1. The van der Waals surface area contributed by atoms with Gasteiger partial charge in [-0.2, -0.15) is 0 Å². The van der Waals surface area contributed by atoms with E-state index in [9.17, 15) is 9.59 Å². The number of nitrogens with one attached hydrogen (secondary N) is 1. The van der Waals surface area contributed by atoms with Crippen LogP contribution in [0.1, 0.15) is 31.6 Å². The van der Waals surface area contributed by atoms with Gasteiger partial charge in [0.15, 0.2) is 11.7 Å². The van der Waals surface area contributed by atoms with Crippen molar-refractivity contribution < 1.29 is 19.1 Å². The molecule has 0 saturated heterocycles. The number of aliphatic carboxylic acids is 1. The summed E-state index contributed by atoms with van der Waals surface area (Å²) in [6.07, 6.45) is 3.93. The number of benzene rings is 1. The van der Waals surface area contributed by atoms with Crippen LogP contribution in [0.2, 0.25) is 10.0 Å². The van der Waals surface area contributed by atoms with Crippen LogP contribution < -0.4 is 5.32 Å². The molecule has 2 N–H and O–H groups in total. The summed E-state index contributed by atoms with van der Waals surface area (Å²) in [7, 11) is 0. The Bertz CT molecular complexity index is 821. The first-order valence-corrected chi connectivity index (χ1v) is 9.10. The van der Waals surface area contributed by atoms with Gasteiger partial charge in [-0.15, -0.1) is 0 Å². The fourth-order valence-corrected chi connectivity index (χ4v) is 3.60. The van der Waals surface area contributed by atoms with Gasteiger partial charge in [0, 0.05) is 29.5 Å². The first-order chi connectivity index (χ1) is 12.4. The molecule has 6 nitrogen and oxygen atoms in total. The van der Waals surface area contributed by atoms with Crippen LogP contribution in [-0.2, 0) is 16.0 Å². The molecule has 138 valence electrons. The van der Waals surface area contributed by atoms with Gasteiger partial charge >= 0.3 is 5.97 Å². The normalized spacial score (nSPS) is 19.5. The summed E-state index contributed by atoms with van der Waals surface area (Å²) in [6.45, 7) is 0. The number of carbonyl (C=O) groups is 2. The van der Waals surface area contributed by atoms with Gasteiger partial charge in [-0.1, -0.05) is 23.2 Å². The monoisotopic (exact) mass is 396 g/mol. The number of halogens is 2. The second-order valence-corrected chi connectivity index (χ2v) is 7.20. The van der Waals surface area contributed by atoms with Gasteiger partial charge in [-0.3, -0.25) is 9.59 Å². The Morgan fingerprint density at radius 1 is 1.31 bits per heavy atom. The molecule has 1 saturated carbocycles. The molecular weight excluding hydrogens is 379 g/mol.